The van der Waals surface area contributed by atoms with Crippen LogP contribution in [0.5, 0.6) is 0 Å². The van der Waals surface area contributed by atoms with Crippen molar-refractivity contribution in [2.45, 2.75) is 27.7 Å². The smallest absolute Gasteiger partial charge is 0.116 e. The number of nitrogens with two attached hydrogens (primary N) is 1. The molecule has 5 aromatic rings. The number of fused-ring (bicyclic) bond motifs is 2. The van der Waals surface area contributed by atoms with Gasteiger partial charge < -0.3 is 18.3 Å². The first kappa shape index (κ1) is 35.7. The van der Waals surface area contributed by atoms with E-state index >= 15 is 0 Å². The Kier molecular flexibility index (Phi) is 18.0. The Hall–Kier alpha value is -3.32. The maximum Gasteiger partial charge on any atom is 0.116 e. The molecule has 0 aromatic heterocycles. The third-order valence-corrected chi connectivity index (χ3v) is 5.10. The second-order valence-corrected chi connectivity index (χ2v) is 7.11. The van der Waals surface area contributed by atoms with E-state index in [1.807, 2.05) is 131 Å². The van der Waals surface area contributed by atoms with Gasteiger partial charge in [0.2, 0.25) is 0 Å². The molecular weight excluding hydrogens is 559 g/mol. The maximum absolute atomic E-state index is 7.00. The molecule has 5 rings (SSSR count). The van der Waals surface area contributed by atoms with Crippen molar-refractivity contribution in [3.63, 3.8) is 0 Å². The Labute approximate surface area is 258 Å². The van der Waals surface area contributed by atoms with Gasteiger partial charge in [0.25, 0.3) is 0 Å². The summed E-state index contributed by atoms with van der Waals surface area (Å²) in [6.45, 7) is 8.00. The molecule has 6 nitrogen and oxygen atoms in total. The van der Waals surface area contributed by atoms with Gasteiger partial charge in [0.05, 0.1) is 22.7 Å². The average molecular weight is 598 g/mol. The molecule has 0 unspecified atom stereocenters. The topological polar surface area (TPSA) is 95.7 Å². The van der Waals surface area contributed by atoms with Crippen LogP contribution in [0, 0.1) is 7.43 Å². The molecule has 39 heavy (non-hydrogen) atoms. The van der Waals surface area contributed by atoms with Crippen molar-refractivity contribution in [2.24, 2.45) is 20.5 Å². The molecular formula is C32H38N5OY-. The van der Waals surface area contributed by atoms with Crippen molar-refractivity contribution in [1.82, 2.24) is 0 Å². The molecule has 0 atom stereocenters. The van der Waals surface area contributed by atoms with Crippen molar-refractivity contribution in [2.75, 3.05) is 12.8 Å². The van der Waals surface area contributed by atoms with Gasteiger partial charge in [-0.25, -0.2) is 0 Å². The Morgan fingerprint density at radius 2 is 0.974 bits per heavy atom. The molecule has 0 aliphatic heterocycles. The van der Waals surface area contributed by atoms with E-state index in [4.69, 9.17) is 10.8 Å². The zero-order chi connectivity index (χ0) is 27.0. The van der Waals surface area contributed by atoms with Crippen LogP contribution in [0.2, 0.25) is 0 Å². The second-order valence-electron chi connectivity index (χ2n) is 7.11. The Morgan fingerprint density at radius 1 is 0.513 bits per heavy atom. The summed E-state index contributed by atoms with van der Waals surface area (Å²) in [5, 5.41) is 28.8. The van der Waals surface area contributed by atoms with Gasteiger partial charge in [0.15, 0.2) is 0 Å². The van der Waals surface area contributed by atoms with E-state index in [0.717, 1.165) is 45.7 Å². The van der Waals surface area contributed by atoms with Gasteiger partial charge in [-0.1, -0.05) is 100 Å². The predicted octanol–water partition coefficient (Wildman–Crippen LogP) is 10.5. The first-order chi connectivity index (χ1) is 18.3. The first-order valence-corrected chi connectivity index (χ1v) is 12.4. The molecule has 201 valence electrons. The molecule has 0 bridgehead atoms. The van der Waals surface area contributed by atoms with E-state index in [9.17, 15) is 0 Å². The van der Waals surface area contributed by atoms with Crippen molar-refractivity contribution in [3.05, 3.63) is 111 Å². The number of nitrogen functional groups attached to an aromatic ring is 1. The van der Waals surface area contributed by atoms with E-state index in [1.54, 1.807) is 0 Å². The quantitative estimate of drug-likeness (QED) is 0.122. The summed E-state index contributed by atoms with van der Waals surface area (Å²) in [5.74, 6) is 0. The standard InChI is InChI=1S/C26H19N5.2C2H6.CH4O.CH3.Y/c27-23-15-14-18-8-4-5-11-20(18)26(23)31-30-25-17-16-24(21-12-6-7-13-22(21)25)29-28-19-9-2-1-3-10-19;3*1-2;;/h1-17H,27H2;2*1-2H3;2H,1H3;1H3;/q;;;;-1;. The van der Waals surface area contributed by atoms with Gasteiger partial charge in [0, 0.05) is 56.0 Å². The van der Waals surface area contributed by atoms with Gasteiger partial charge >= 0.3 is 0 Å². The fourth-order valence-electron chi connectivity index (χ4n) is 3.54. The number of hydrogen-bond acceptors (Lipinski definition) is 6. The van der Waals surface area contributed by atoms with Crippen LogP contribution in [0.3, 0.4) is 0 Å². The van der Waals surface area contributed by atoms with Crippen LogP contribution in [0.1, 0.15) is 27.7 Å². The number of aliphatic hydroxyl groups excluding tert-OH is 1. The molecule has 0 amide bonds. The van der Waals surface area contributed by atoms with Crippen molar-refractivity contribution in [1.29, 1.82) is 0 Å². The molecule has 1 radical (unpaired) electrons. The fourth-order valence-corrected chi connectivity index (χ4v) is 3.54. The van der Waals surface area contributed by atoms with Crippen LogP contribution in [-0.4, -0.2) is 12.2 Å². The summed E-state index contributed by atoms with van der Waals surface area (Å²) in [6.07, 6.45) is 0. The molecule has 0 saturated heterocycles. The minimum atomic E-state index is 0. The number of hydrogen-bond donors (Lipinski definition) is 2. The molecule has 0 aliphatic rings. The van der Waals surface area contributed by atoms with Crippen LogP contribution in [-0.2, 0) is 32.7 Å². The van der Waals surface area contributed by atoms with Gasteiger partial charge in [0.1, 0.15) is 5.69 Å². The molecule has 0 heterocycles. The summed E-state index contributed by atoms with van der Waals surface area (Å²) in [4.78, 5) is 0. The van der Waals surface area contributed by atoms with Crippen LogP contribution in [0.4, 0.5) is 28.4 Å². The van der Waals surface area contributed by atoms with E-state index in [-0.39, 0.29) is 40.1 Å². The van der Waals surface area contributed by atoms with Crippen molar-refractivity contribution in [3.8, 4) is 0 Å². The van der Waals surface area contributed by atoms with Crippen molar-refractivity contribution < 1.29 is 37.8 Å². The Bertz CT molecular complexity index is 1450. The third kappa shape index (κ3) is 9.43. The van der Waals surface area contributed by atoms with Crippen LogP contribution in [0.25, 0.3) is 21.5 Å². The predicted molar refractivity (Wildman–Crippen MR) is 164 cm³/mol. The number of nitrogens with zero attached hydrogens (tertiary/aromatic N) is 4. The van der Waals surface area contributed by atoms with Gasteiger partial charge in [-0.05, 0) is 35.7 Å². The van der Waals surface area contributed by atoms with E-state index in [2.05, 4.69) is 20.5 Å². The molecule has 0 saturated carbocycles. The summed E-state index contributed by atoms with van der Waals surface area (Å²) in [6, 6.07) is 33.3. The SMILES string of the molecule is CC.CC.CO.Nc1ccc2ccccc2c1N=Nc1ccc(N=Nc2ccccc2)c2ccccc12.[CH3-].[Y]. The number of aliphatic hydroxyl groups is 1. The summed E-state index contributed by atoms with van der Waals surface area (Å²) in [7, 11) is 1.00. The van der Waals surface area contributed by atoms with Gasteiger partial charge in [-0.3, -0.25) is 0 Å². The maximum atomic E-state index is 7.00. The zero-order valence-electron chi connectivity index (χ0n) is 23.7. The van der Waals surface area contributed by atoms with E-state index in [0.29, 0.717) is 11.4 Å². The minimum Gasteiger partial charge on any atom is -0.400 e. The monoisotopic (exact) mass is 597 g/mol. The normalized spacial score (nSPS) is 9.79. The molecule has 0 fully saturated rings. The average Bonchev–Trinajstić information content (AvgIpc) is 2.99. The zero-order valence-corrected chi connectivity index (χ0v) is 26.5. The number of benzene rings is 5. The van der Waals surface area contributed by atoms with Crippen LogP contribution in [0.15, 0.2) is 124 Å². The van der Waals surface area contributed by atoms with Crippen LogP contribution < -0.4 is 5.73 Å². The largest absolute Gasteiger partial charge is 0.400 e. The molecule has 0 spiro atoms. The summed E-state index contributed by atoms with van der Waals surface area (Å²) in [5.41, 5.74) is 9.81. The molecule has 5 aromatic carbocycles. The van der Waals surface area contributed by atoms with Gasteiger partial charge in [-0.15, -0.1) is 15.3 Å². The number of anilines is 1. The van der Waals surface area contributed by atoms with E-state index in [1.165, 1.54) is 0 Å². The number of rotatable bonds is 4. The second kappa shape index (κ2) is 19.7. The van der Waals surface area contributed by atoms with Crippen LogP contribution >= 0.6 is 0 Å². The first-order valence-electron chi connectivity index (χ1n) is 12.4. The van der Waals surface area contributed by atoms with Gasteiger partial charge in [-0.2, -0.15) is 5.11 Å². The van der Waals surface area contributed by atoms with E-state index < -0.39 is 0 Å². The third-order valence-electron chi connectivity index (χ3n) is 5.10. The molecule has 7 heteroatoms. The fraction of sp³-hybridized carbons (Fsp3) is 0.156. The molecule has 3 N–H and O–H groups in total. The summed E-state index contributed by atoms with van der Waals surface area (Å²) >= 11 is 0. The van der Waals surface area contributed by atoms with Crippen molar-refractivity contribution >= 4 is 50.0 Å². The Balaban J connectivity index is 0.00000169. The molecule has 0 aliphatic carbocycles. The Morgan fingerprint density at radius 3 is 1.54 bits per heavy atom. The summed E-state index contributed by atoms with van der Waals surface area (Å²) < 4.78 is 0. The minimum absolute atomic E-state index is 0. The number of azo groups is 2.